The summed E-state index contributed by atoms with van der Waals surface area (Å²) in [5.41, 5.74) is 3.37. The van der Waals surface area contributed by atoms with Crippen LogP contribution in [-0.2, 0) is 0 Å². The van der Waals surface area contributed by atoms with Crippen LogP contribution in [0, 0.1) is 0 Å². The van der Waals surface area contributed by atoms with Gasteiger partial charge in [0.25, 0.3) is 11.1 Å². The van der Waals surface area contributed by atoms with E-state index in [0.29, 0.717) is 68.8 Å². The van der Waals surface area contributed by atoms with E-state index in [9.17, 15) is 9.59 Å². The fourth-order valence-electron chi connectivity index (χ4n) is 5.93. The Balaban J connectivity index is 1.60. The van der Waals surface area contributed by atoms with Gasteiger partial charge in [-0.3, -0.25) is 18.4 Å². The molecule has 8 nitrogen and oxygen atoms in total. The van der Waals surface area contributed by atoms with Crippen molar-refractivity contribution < 1.29 is 9.47 Å². The highest BCUT2D eigenvalue weighted by molar-refractivity contribution is 6.27. The molecule has 8 heteroatoms. The van der Waals surface area contributed by atoms with Crippen molar-refractivity contribution in [3.05, 3.63) is 81.4 Å². The Labute approximate surface area is 214 Å². The molecule has 4 aromatic heterocycles. The molecule has 0 aliphatic carbocycles. The Morgan fingerprint density at radius 1 is 0.605 bits per heavy atom. The lowest BCUT2D eigenvalue weighted by molar-refractivity contribution is 0.343. The van der Waals surface area contributed by atoms with Gasteiger partial charge in [0, 0.05) is 32.3 Å². The highest BCUT2D eigenvalue weighted by atomic mass is 16.5. The highest BCUT2D eigenvalue weighted by Gasteiger charge is 2.23. The van der Waals surface area contributed by atoms with Gasteiger partial charge < -0.3 is 9.47 Å². The monoisotopic (exact) mass is 500 g/mol. The normalized spacial score (nSPS) is 12.4. The molecule has 0 radical (unpaired) electrons. The van der Waals surface area contributed by atoms with Crippen molar-refractivity contribution in [1.82, 2.24) is 18.8 Å². The highest BCUT2D eigenvalue weighted by Crippen LogP contribution is 2.38. The summed E-state index contributed by atoms with van der Waals surface area (Å²) in [5, 5.41) is 4.10. The minimum atomic E-state index is -0.183. The Morgan fingerprint density at radius 2 is 1.03 bits per heavy atom. The van der Waals surface area contributed by atoms with E-state index in [4.69, 9.17) is 19.4 Å². The molecule has 0 spiro atoms. The maximum atomic E-state index is 13.9. The summed E-state index contributed by atoms with van der Waals surface area (Å²) in [6, 6.07) is 18.6. The van der Waals surface area contributed by atoms with Gasteiger partial charge in [0.15, 0.2) is 0 Å². The smallest absolute Gasteiger partial charge is 0.264 e. The average molecular weight is 501 g/mol. The molecule has 0 saturated heterocycles. The third kappa shape index (κ3) is 2.44. The molecule has 0 amide bonds. The van der Waals surface area contributed by atoms with Gasteiger partial charge in [-0.15, -0.1) is 0 Å². The van der Waals surface area contributed by atoms with Crippen LogP contribution in [-0.4, -0.2) is 32.0 Å². The fraction of sp³-hybridized carbons (Fsp3) is 0.133. The van der Waals surface area contributed by atoms with Crippen LogP contribution in [0.25, 0.3) is 65.7 Å². The van der Waals surface area contributed by atoms with Crippen molar-refractivity contribution in [2.24, 2.45) is 0 Å². The number of nitrogens with zero attached hydrogens (tertiary/aromatic N) is 4. The second-order valence-corrected chi connectivity index (χ2v) is 9.34. The van der Waals surface area contributed by atoms with Crippen molar-refractivity contribution in [2.45, 2.75) is 13.8 Å². The minimum absolute atomic E-state index is 0.183. The number of hydrogen-bond acceptors (Lipinski definition) is 6. The molecular formula is C30H20N4O4. The first-order valence-corrected chi connectivity index (χ1v) is 12.6. The van der Waals surface area contributed by atoms with E-state index in [1.165, 1.54) is 0 Å². The lowest BCUT2D eigenvalue weighted by atomic mass is 9.96. The van der Waals surface area contributed by atoms with E-state index >= 15 is 0 Å². The lowest BCUT2D eigenvalue weighted by Crippen LogP contribution is -2.16. The number of benzene rings is 4. The van der Waals surface area contributed by atoms with Crippen LogP contribution >= 0.6 is 0 Å². The van der Waals surface area contributed by atoms with Gasteiger partial charge in [0.05, 0.1) is 24.2 Å². The number of rotatable bonds is 4. The van der Waals surface area contributed by atoms with Crippen LogP contribution in [0.2, 0.25) is 0 Å². The Kier molecular flexibility index (Phi) is 4.05. The van der Waals surface area contributed by atoms with Crippen molar-refractivity contribution in [3.63, 3.8) is 0 Å². The summed E-state index contributed by atoms with van der Waals surface area (Å²) < 4.78 is 14.9. The van der Waals surface area contributed by atoms with Gasteiger partial charge >= 0.3 is 0 Å². The molecular weight excluding hydrogens is 480 g/mol. The molecule has 4 aromatic carbocycles. The summed E-state index contributed by atoms with van der Waals surface area (Å²) in [4.78, 5) is 37.6. The average Bonchev–Trinajstić information content (AvgIpc) is 3.52. The second kappa shape index (κ2) is 7.29. The Morgan fingerprint density at radius 3 is 1.45 bits per heavy atom. The van der Waals surface area contributed by atoms with Crippen LogP contribution in [0.3, 0.4) is 0 Å². The summed E-state index contributed by atoms with van der Waals surface area (Å²) >= 11 is 0. The van der Waals surface area contributed by atoms with Crippen molar-refractivity contribution >= 4 is 65.7 Å². The van der Waals surface area contributed by atoms with E-state index in [2.05, 4.69) is 0 Å². The van der Waals surface area contributed by atoms with Crippen molar-refractivity contribution in [1.29, 1.82) is 0 Å². The number of fused-ring (bicyclic) bond motifs is 8. The summed E-state index contributed by atoms with van der Waals surface area (Å²) in [6.07, 6.45) is 0. The molecule has 0 fully saturated rings. The summed E-state index contributed by atoms with van der Waals surface area (Å²) in [7, 11) is 0. The molecule has 8 aromatic rings. The molecule has 4 heterocycles. The molecule has 184 valence electrons. The van der Waals surface area contributed by atoms with Crippen LogP contribution in [0.1, 0.15) is 13.8 Å². The zero-order valence-electron chi connectivity index (χ0n) is 20.6. The molecule has 0 N–H and O–H groups in total. The van der Waals surface area contributed by atoms with Gasteiger partial charge in [0.2, 0.25) is 0 Å². The first-order chi connectivity index (χ1) is 18.6. The maximum absolute atomic E-state index is 13.9. The van der Waals surface area contributed by atoms with Gasteiger partial charge in [-0.2, -0.15) is 0 Å². The van der Waals surface area contributed by atoms with Crippen LogP contribution < -0.4 is 20.6 Å². The zero-order chi connectivity index (χ0) is 25.7. The van der Waals surface area contributed by atoms with Crippen LogP contribution in [0.5, 0.6) is 11.5 Å². The SMILES string of the molecule is CCOc1cccc2c1nc1c3ccc4c(=O)n5c6cccc(OCC)c6nc5c5ccc(c(=O)n21)c3c45. The van der Waals surface area contributed by atoms with E-state index < -0.39 is 0 Å². The second-order valence-electron chi connectivity index (χ2n) is 9.34. The number of aromatic nitrogens is 4. The molecule has 0 saturated carbocycles. The Bertz CT molecular complexity index is 2200. The number of hydrogen-bond donors (Lipinski definition) is 0. The van der Waals surface area contributed by atoms with E-state index in [1.54, 1.807) is 8.80 Å². The number of ether oxygens (including phenoxy) is 2. The maximum Gasteiger partial charge on any atom is 0.264 e. The third-order valence-electron chi connectivity index (χ3n) is 7.41. The number of para-hydroxylation sites is 2. The van der Waals surface area contributed by atoms with Gasteiger partial charge in [-0.25, -0.2) is 9.97 Å². The number of imidazole rings is 2. The lowest BCUT2D eigenvalue weighted by Gasteiger charge is -2.12. The largest absolute Gasteiger partial charge is 0.492 e. The Hall–Kier alpha value is -4.98. The predicted molar refractivity (Wildman–Crippen MR) is 149 cm³/mol. The standard InChI is InChI=1S/C30H20N4O4/c1-3-37-21-9-5-7-19-25(21)31-27-15-11-13-18-24-16(12-14-17(23(15)24)29(35)33(19)27)28-32-26-20(34(28)30(18)36)8-6-10-22(26)38-4-2/h5-14H,3-4H2,1-2H3. The molecule has 0 aliphatic heterocycles. The van der Waals surface area contributed by atoms with E-state index in [1.807, 2.05) is 74.5 Å². The van der Waals surface area contributed by atoms with Gasteiger partial charge in [0.1, 0.15) is 33.8 Å². The van der Waals surface area contributed by atoms with Crippen LogP contribution in [0.4, 0.5) is 0 Å². The molecule has 8 rings (SSSR count). The quantitative estimate of drug-likeness (QED) is 0.311. The summed E-state index contributed by atoms with van der Waals surface area (Å²) in [5.74, 6) is 1.26. The molecule has 0 atom stereocenters. The third-order valence-corrected chi connectivity index (χ3v) is 7.41. The molecule has 38 heavy (non-hydrogen) atoms. The molecule has 0 unspecified atom stereocenters. The predicted octanol–water partition coefficient (Wildman–Crippen LogP) is 5.14. The van der Waals surface area contributed by atoms with Gasteiger partial charge in [-0.1, -0.05) is 12.1 Å². The summed E-state index contributed by atoms with van der Waals surface area (Å²) in [6.45, 7) is 4.82. The van der Waals surface area contributed by atoms with Gasteiger partial charge in [-0.05, 0) is 62.4 Å². The van der Waals surface area contributed by atoms with Crippen LogP contribution in [0.15, 0.2) is 70.3 Å². The number of pyridine rings is 2. The molecule has 0 aliphatic rings. The van der Waals surface area contributed by atoms with E-state index in [-0.39, 0.29) is 11.1 Å². The van der Waals surface area contributed by atoms with E-state index in [0.717, 1.165) is 21.5 Å². The first-order valence-electron chi connectivity index (χ1n) is 12.6. The topological polar surface area (TPSA) is 87.2 Å². The first kappa shape index (κ1) is 21.1. The fourth-order valence-corrected chi connectivity index (χ4v) is 5.93. The minimum Gasteiger partial charge on any atom is -0.492 e. The van der Waals surface area contributed by atoms with Crippen molar-refractivity contribution in [3.8, 4) is 11.5 Å². The molecule has 0 bridgehead atoms. The zero-order valence-corrected chi connectivity index (χ0v) is 20.6. The van der Waals surface area contributed by atoms with Crippen molar-refractivity contribution in [2.75, 3.05) is 13.2 Å².